The first-order chi connectivity index (χ1) is 12.3. The summed E-state index contributed by atoms with van der Waals surface area (Å²) in [7, 11) is -4.24. The van der Waals surface area contributed by atoms with E-state index in [4.69, 9.17) is 0 Å². The standard InChI is InChI=1S/C14H15FN6O4S/c1-2-16-11-3-4-17-14(19-11)18-8-5-9(15)13(10(22)6-8)21-7-12(23)20-26(21,24)25/h3-6,22H,2,7H2,1H3,(H,20,23)(H2,16,17,18,19). The number of aromatic hydroxyl groups is 1. The predicted octanol–water partition coefficient (Wildman–Crippen LogP) is 0.678. The van der Waals surface area contributed by atoms with Gasteiger partial charge in [-0.15, -0.1) is 0 Å². The number of phenols is 1. The normalized spacial score (nSPS) is 15.6. The summed E-state index contributed by atoms with van der Waals surface area (Å²) in [5.74, 6) is -1.80. The van der Waals surface area contributed by atoms with E-state index in [1.54, 1.807) is 10.8 Å². The second-order valence-corrected chi connectivity index (χ2v) is 6.88. The maximum atomic E-state index is 14.4. The Bertz CT molecular complexity index is 945. The summed E-state index contributed by atoms with van der Waals surface area (Å²) in [6.07, 6.45) is 1.49. The molecule has 0 atom stereocenters. The summed E-state index contributed by atoms with van der Waals surface area (Å²) in [6.45, 7) is 1.93. The van der Waals surface area contributed by atoms with Crippen LogP contribution in [0.2, 0.25) is 0 Å². The van der Waals surface area contributed by atoms with Crippen LogP contribution in [0.4, 0.5) is 27.5 Å². The number of phenolic OH excluding ortho intramolecular Hbond substituents is 1. The van der Waals surface area contributed by atoms with Crippen LogP contribution in [0, 0.1) is 5.82 Å². The van der Waals surface area contributed by atoms with Crippen LogP contribution < -0.4 is 19.7 Å². The van der Waals surface area contributed by atoms with Crippen molar-refractivity contribution in [1.29, 1.82) is 0 Å². The summed E-state index contributed by atoms with van der Waals surface area (Å²) < 4.78 is 40.3. The van der Waals surface area contributed by atoms with Crippen molar-refractivity contribution >= 4 is 39.3 Å². The number of anilines is 4. The third-order valence-electron chi connectivity index (χ3n) is 3.38. The molecule has 0 bridgehead atoms. The molecule has 2 aromatic rings. The van der Waals surface area contributed by atoms with Gasteiger partial charge in [0.15, 0.2) is 5.82 Å². The molecule has 1 aromatic carbocycles. The molecule has 0 aliphatic carbocycles. The summed E-state index contributed by atoms with van der Waals surface area (Å²) >= 11 is 0. The number of halogens is 1. The average molecular weight is 382 g/mol. The van der Waals surface area contributed by atoms with Crippen molar-refractivity contribution in [2.75, 3.05) is 28.0 Å². The molecule has 1 aromatic heterocycles. The highest BCUT2D eigenvalue weighted by Crippen LogP contribution is 2.36. The molecule has 1 fully saturated rings. The Hall–Kier alpha value is -3.15. The van der Waals surface area contributed by atoms with E-state index in [2.05, 4.69) is 20.6 Å². The van der Waals surface area contributed by atoms with Crippen LogP contribution >= 0.6 is 0 Å². The number of benzene rings is 1. The Morgan fingerprint density at radius 2 is 2.19 bits per heavy atom. The fraction of sp³-hybridized carbons (Fsp3) is 0.214. The molecule has 138 valence electrons. The first kappa shape index (κ1) is 17.7. The summed E-state index contributed by atoms with van der Waals surface area (Å²) in [5.41, 5.74) is -0.510. The third kappa shape index (κ3) is 3.44. The molecule has 1 aliphatic heterocycles. The minimum Gasteiger partial charge on any atom is -0.506 e. The van der Waals surface area contributed by atoms with E-state index in [0.717, 1.165) is 12.1 Å². The fourth-order valence-corrected chi connectivity index (χ4v) is 3.55. The van der Waals surface area contributed by atoms with Crippen molar-refractivity contribution in [2.45, 2.75) is 6.92 Å². The molecule has 0 unspecified atom stereocenters. The summed E-state index contributed by atoms with van der Waals surface area (Å²) in [4.78, 5) is 19.4. The van der Waals surface area contributed by atoms with Crippen LogP contribution in [0.15, 0.2) is 24.4 Å². The van der Waals surface area contributed by atoms with Crippen LogP contribution in [0.1, 0.15) is 6.92 Å². The zero-order valence-corrected chi connectivity index (χ0v) is 14.3. The zero-order chi connectivity index (χ0) is 18.9. The molecule has 0 radical (unpaired) electrons. The molecule has 3 rings (SSSR count). The fourth-order valence-electron chi connectivity index (χ4n) is 2.38. The number of amides is 1. The highest BCUT2D eigenvalue weighted by Gasteiger charge is 2.37. The number of nitrogens with zero attached hydrogens (tertiary/aromatic N) is 3. The predicted molar refractivity (Wildman–Crippen MR) is 92.0 cm³/mol. The topological polar surface area (TPSA) is 137 Å². The lowest BCUT2D eigenvalue weighted by atomic mass is 10.2. The van der Waals surface area contributed by atoms with Gasteiger partial charge in [0.25, 0.3) is 5.91 Å². The second kappa shape index (κ2) is 6.63. The summed E-state index contributed by atoms with van der Waals surface area (Å²) in [6, 6.07) is 3.73. The number of aromatic nitrogens is 2. The monoisotopic (exact) mass is 382 g/mol. The van der Waals surface area contributed by atoms with Crippen molar-refractivity contribution in [3.8, 4) is 5.75 Å². The highest BCUT2D eigenvalue weighted by atomic mass is 32.2. The number of rotatable bonds is 5. The minimum atomic E-state index is -4.24. The lowest BCUT2D eigenvalue weighted by Crippen LogP contribution is -2.30. The lowest BCUT2D eigenvalue weighted by Gasteiger charge is -2.18. The van der Waals surface area contributed by atoms with E-state index >= 15 is 0 Å². The van der Waals surface area contributed by atoms with Crippen LogP contribution in [0.3, 0.4) is 0 Å². The molecular weight excluding hydrogens is 367 g/mol. The molecule has 1 amide bonds. The van der Waals surface area contributed by atoms with Gasteiger partial charge >= 0.3 is 10.2 Å². The van der Waals surface area contributed by atoms with Gasteiger partial charge in [-0.3, -0.25) is 4.79 Å². The molecule has 0 spiro atoms. The molecule has 12 heteroatoms. The van der Waals surface area contributed by atoms with Crippen LogP contribution in [0.5, 0.6) is 5.75 Å². The van der Waals surface area contributed by atoms with Gasteiger partial charge in [-0.1, -0.05) is 0 Å². The number of carbonyl (C=O) groups is 1. The third-order valence-corrected chi connectivity index (χ3v) is 4.76. The second-order valence-electron chi connectivity index (χ2n) is 5.28. The van der Waals surface area contributed by atoms with Crippen molar-refractivity contribution in [3.63, 3.8) is 0 Å². The van der Waals surface area contributed by atoms with Crippen molar-refractivity contribution in [1.82, 2.24) is 14.7 Å². The Kier molecular flexibility index (Phi) is 4.50. The van der Waals surface area contributed by atoms with Crippen molar-refractivity contribution in [3.05, 3.63) is 30.2 Å². The quantitative estimate of drug-likeness (QED) is 0.593. The van der Waals surface area contributed by atoms with Crippen molar-refractivity contribution < 1.29 is 22.7 Å². The van der Waals surface area contributed by atoms with E-state index in [-0.39, 0.29) is 11.6 Å². The van der Waals surface area contributed by atoms with Gasteiger partial charge < -0.3 is 15.7 Å². The largest absolute Gasteiger partial charge is 0.506 e. The number of nitrogens with one attached hydrogen (secondary N) is 3. The van der Waals surface area contributed by atoms with Gasteiger partial charge in [0.1, 0.15) is 23.8 Å². The molecule has 1 saturated heterocycles. The Morgan fingerprint density at radius 3 is 2.81 bits per heavy atom. The highest BCUT2D eigenvalue weighted by molar-refractivity contribution is 7.92. The Labute approximate surface area is 148 Å². The number of carbonyl (C=O) groups excluding carboxylic acids is 1. The van der Waals surface area contributed by atoms with Gasteiger partial charge in [-0.05, 0) is 19.1 Å². The van der Waals surface area contributed by atoms with E-state index in [1.807, 2.05) is 6.92 Å². The average Bonchev–Trinajstić information content (AvgIpc) is 2.80. The van der Waals surface area contributed by atoms with Gasteiger partial charge in [-0.25, -0.2) is 18.4 Å². The first-order valence-electron chi connectivity index (χ1n) is 7.50. The molecule has 0 saturated carbocycles. The SMILES string of the molecule is CCNc1ccnc(Nc2cc(O)c(N3CC(=O)NS3(=O)=O)c(F)c2)n1. The minimum absolute atomic E-state index is 0.105. The number of hydrogen-bond acceptors (Lipinski definition) is 8. The maximum Gasteiger partial charge on any atom is 0.326 e. The van der Waals surface area contributed by atoms with Gasteiger partial charge in [0.2, 0.25) is 5.95 Å². The van der Waals surface area contributed by atoms with Crippen LogP contribution in [-0.2, 0) is 15.0 Å². The van der Waals surface area contributed by atoms with E-state index in [1.165, 1.54) is 6.20 Å². The maximum absolute atomic E-state index is 14.4. The molecule has 2 heterocycles. The zero-order valence-electron chi connectivity index (χ0n) is 13.5. The van der Waals surface area contributed by atoms with Gasteiger partial charge in [0, 0.05) is 24.5 Å². The van der Waals surface area contributed by atoms with E-state index in [9.17, 15) is 22.7 Å². The molecule has 10 nitrogen and oxygen atoms in total. The Balaban J connectivity index is 1.91. The number of hydrogen-bond donors (Lipinski definition) is 4. The van der Waals surface area contributed by atoms with Gasteiger partial charge in [0.05, 0.1) is 0 Å². The van der Waals surface area contributed by atoms with Crippen LogP contribution in [0.25, 0.3) is 0 Å². The van der Waals surface area contributed by atoms with E-state index in [0.29, 0.717) is 16.7 Å². The smallest absolute Gasteiger partial charge is 0.326 e. The molecule has 26 heavy (non-hydrogen) atoms. The first-order valence-corrected chi connectivity index (χ1v) is 8.94. The lowest BCUT2D eigenvalue weighted by molar-refractivity contribution is -0.117. The molecular formula is C14H15FN6O4S. The Morgan fingerprint density at radius 1 is 1.42 bits per heavy atom. The van der Waals surface area contributed by atoms with Crippen LogP contribution in [-0.4, -0.2) is 42.5 Å². The van der Waals surface area contributed by atoms with Crippen molar-refractivity contribution in [2.24, 2.45) is 0 Å². The summed E-state index contributed by atoms with van der Waals surface area (Å²) in [5, 5.41) is 15.8. The molecule has 4 N–H and O–H groups in total. The van der Waals surface area contributed by atoms with Gasteiger partial charge in [-0.2, -0.15) is 13.4 Å². The van der Waals surface area contributed by atoms with E-state index < -0.39 is 39.9 Å². The molecule has 1 aliphatic rings.